The summed E-state index contributed by atoms with van der Waals surface area (Å²) < 4.78 is 5.50. The maximum absolute atomic E-state index is 11.6. The van der Waals surface area contributed by atoms with Crippen molar-refractivity contribution in [3.05, 3.63) is 12.1 Å². The number of hydrogen-bond donors (Lipinski definition) is 3. The van der Waals surface area contributed by atoms with Gasteiger partial charge in [-0.15, -0.1) is 0 Å². The normalized spacial score (nSPS) is 12.1. The molecule has 1 amide bonds. The first-order valence-electron chi connectivity index (χ1n) is 6.41. The van der Waals surface area contributed by atoms with Crippen molar-refractivity contribution in [1.82, 2.24) is 10.3 Å². The first kappa shape index (κ1) is 15.1. The maximum atomic E-state index is 11.6. The highest BCUT2D eigenvalue weighted by molar-refractivity contribution is 5.83. The number of carbonyl (C=O) groups excluding carboxylic acids is 1. The molecule has 0 spiro atoms. The van der Waals surface area contributed by atoms with Crippen LogP contribution in [0.15, 0.2) is 12.1 Å². The van der Waals surface area contributed by atoms with Gasteiger partial charge in [0.25, 0.3) is 0 Å². The van der Waals surface area contributed by atoms with Crippen molar-refractivity contribution in [2.45, 2.75) is 39.8 Å². The third kappa shape index (κ3) is 4.65. The van der Waals surface area contributed by atoms with E-state index in [1.807, 2.05) is 20.8 Å². The molecule has 19 heavy (non-hydrogen) atoms. The van der Waals surface area contributed by atoms with Crippen LogP contribution in [0.4, 0.5) is 11.5 Å². The number of nitrogens with two attached hydrogens (primary N) is 1. The summed E-state index contributed by atoms with van der Waals surface area (Å²) in [6, 6.07) is 3.05. The molecule has 0 bridgehead atoms. The van der Waals surface area contributed by atoms with Crippen LogP contribution >= 0.6 is 0 Å². The molecule has 0 saturated heterocycles. The fraction of sp³-hybridized carbons (Fsp3) is 0.538. The lowest BCUT2D eigenvalue weighted by atomic mass is 10.3. The number of nitrogens with one attached hydrogen (secondary N) is 2. The van der Waals surface area contributed by atoms with E-state index in [-0.39, 0.29) is 18.1 Å². The number of rotatable bonds is 6. The van der Waals surface area contributed by atoms with E-state index in [1.165, 1.54) is 0 Å². The number of hydrogen-bond acceptors (Lipinski definition) is 5. The van der Waals surface area contributed by atoms with E-state index in [4.69, 9.17) is 10.5 Å². The molecule has 1 aromatic heterocycles. The second kappa shape index (κ2) is 6.82. The van der Waals surface area contributed by atoms with E-state index >= 15 is 0 Å². The summed E-state index contributed by atoms with van der Waals surface area (Å²) in [6.45, 7) is 8.05. The van der Waals surface area contributed by atoms with E-state index in [0.29, 0.717) is 23.9 Å². The molecule has 0 radical (unpaired) electrons. The average Bonchev–Trinajstić information content (AvgIpc) is 2.33. The van der Waals surface area contributed by atoms with E-state index in [2.05, 4.69) is 15.6 Å². The van der Waals surface area contributed by atoms with Crippen molar-refractivity contribution in [2.75, 3.05) is 17.6 Å². The Morgan fingerprint density at radius 2 is 2.11 bits per heavy atom. The first-order valence-corrected chi connectivity index (χ1v) is 6.41. The zero-order chi connectivity index (χ0) is 14.4. The second-order valence-electron chi connectivity index (χ2n) is 4.52. The molecular formula is C13H22N4O2. The first-order chi connectivity index (χ1) is 8.93. The minimum Gasteiger partial charge on any atom is -0.473 e. The summed E-state index contributed by atoms with van der Waals surface area (Å²) >= 11 is 0. The van der Waals surface area contributed by atoms with Crippen molar-refractivity contribution >= 4 is 17.4 Å². The third-order valence-electron chi connectivity index (χ3n) is 2.35. The van der Waals surface area contributed by atoms with Gasteiger partial charge in [-0.05, 0) is 39.8 Å². The predicted molar refractivity (Wildman–Crippen MR) is 76.2 cm³/mol. The molecule has 0 aliphatic carbocycles. The Labute approximate surface area is 113 Å². The summed E-state index contributed by atoms with van der Waals surface area (Å²) in [5.41, 5.74) is 6.26. The summed E-state index contributed by atoms with van der Waals surface area (Å²) in [7, 11) is 0. The summed E-state index contributed by atoms with van der Waals surface area (Å²) in [5, 5.41) is 5.75. The second-order valence-corrected chi connectivity index (χ2v) is 4.52. The zero-order valence-corrected chi connectivity index (χ0v) is 11.9. The quantitative estimate of drug-likeness (QED) is 0.724. The molecule has 4 N–H and O–H groups in total. The molecule has 1 unspecified atom stereocenters. The topological polar surface area (TPSA) is 89.3 Å². The van der Waals surface area contributed by atoms with Crippen molar-refractivity contribution in [3.8, 4) is 5.88 Å². The van der Waals surface area contributed by atoms with Gasteiger partial charge in [-0.1, -0.05) is 0 Å². The number of likely N-dealkylation sites (N-methyl/N-ethyl adjacent to an activating group) is 1. The van der Waals surface area contributed by atoms with Gasteiger partial charge in [0.05, 0.1) is 11.8 Å². The molecule has 0 saturated carbocycles. The van der Waals surface area contributed by atoms with Crippen LogP contribution in [-0.2, 0) is 4.79 Å². The molecule has 106 valence electrons. The molecule has 0 aromatic carbocycles. The highest BCUT2D eigenvalue weighted by Crippen LogP contribution is 2.22. The Bertz CT molecular complexity index is 435. The van der Waals surface area contributed by atoms with Crippen LogP contribution in [0.25, 0.3) is 0 Å². The number of nitrogen functional groups attached to an aromatic ring is 1. The molecule has 6 nitrogen and oxygen atoms in total. The van der Waals surface area contributed by atoms with Crippen molar-refractivity contribution < 1.29 is 9.53 Å². The van der Waals surface area contributed by atoms with E-state index < -0.39 is 0 Å². The van der Waals surface area contributed by atoms with Gasteiger partial charge in [-0.25, -0.2) is 0 Å². The third-order valence-corrected chi connectivity index (χ3v) is 2.35. The van der Waals surface area contributed by atoms with E-state index in [9.17, 15) is 4.79 Å². The van der Waals surface area contributed by atoms with E-state index in [1.54, 1.807) is 19.1 Å². The van der Waals surface area contributed by atoms with Crippen LogP contribution in [-0.4, -0.2) is 29.6 Å². The smallest absolute Gasteiger partial charge is 0.242 e. The standard InChI is InChI=1S/C13H22N4O2/c1-5-15-12(18)9(4)16-11-7-6-10(14)13(17-11)19-8(2)3/h6-9H,5,14H2,1-4H3,(H,15,18)(H,16,17). The fourth-order valence-electron chi connectivity index (χ4n) is 1.46. The molecule has 0 aliphatic heterocycles. The molecule has 1 aromatic rings. The summed E-state index contributed by atoms with van der Waals surface area (Å²) in [6.07, 6.45) is -0.00846. The molecular weight excluding hydrogens is 244 g/mol. The van der Waals surface area contributed by atoms with Crippen molar-refractivity contribution in [3.63, 3.8) is 0 Å². The van der Waals surface area contributed by atoms with Crippen LogP contribution in [0.2, 0.25) is 0 Å². The van der Waals surface area contributed by atoms with Crippen molar-refractivity contribution in [2.24, 2.45) is 0 Å². The zero-order valence-electron chi connectivity index (χ0n) is 11.9. The Kier molecular flexibility index (Phi) is 5.41. The summed E-state index contributed by atoms with van der Waals surface area (Å²) in [4.78, 5) is 15.9. The van der Waals surface area contributed by atoms with Gasteiger partial charge in [0, 0.05) is 6.54 Å². The highest BCUT2D eigenvalue weighted by atomic mass is 16.5. The van der Waals surface area contributed by atoms with Crippen LogP contribution in [0.3, 0.4) is 0 Å². The minimum absolute atomic E-state index is 0.00846. The SMILES string of the molecule is CCNC(=O)C(C)Nc1ccc(N)c(OC(C)C)n1. The number of pyridine rings is 1. The summed E-state index contributed by atoms with van der Waals surface area (Å²) in [5.74, 6) is 0.860. The van der Waals surface area contributed by atoms with Crippen molar-refractivity contribution in [1.29, 1.82) is 0 Å². The lowest BCUT2D eigenvalue weighted by Gasteiger charge is -2.16. The predicted octanol–water partition coefficient (Wildman–Crippen LogP) is 1.39. The molecule has 0 fully saturated rings. The van der Waals surface area contributed by atoms with Crippen LogP contribution in [0, 0.1) is 0 Å². The Morgan fingerprint density at radius 3 is 2.68 bits per heavy atom. The molecule has 1 heterocycles. The van der Waals surface area contributed by atoms with Gasteiger partial charge in [-0.2, -0.15) is 4.98 Å². The van der Waals surface area contributed by atoms with Gasteiger partial charge in [0.1, 0.15) is 11.9 Å². The van der Waals surface area contributed by atoms with Gasteiger partial charge in [0.15, 0.2) is 0 Å². The molecule has 1 rings (SSSR count). The average molecular weight is 266 g/mol. The van der Waals surface area contributed by atoms with Gasteiger partial charge >= 0.3 is 0 Å². The number of nitrogens with zero attached hydrogens (tertiary/aromatic N) is 1. The number of ether oxygens (including phenoxy) is 1. The molecule has 0 aliphatic rings. The highest BCUT2D eigenvalue weighted by Gasteiger charge is 2.13. The lowest BCUT2D eigenvalue weighted by molar-refractivity contribution is -0.121. The van der Waals surface area contributed by atoms with Gasteiger partial charge < -0.3 is 21.1 Å². The van der Waals surface area contributed by atoms with Crippen LogP contribution in [0.1, 0.15) is 27.7 Å². The Morgan fingerprint density at radius 1 is 1.42 bits per heavy atom. The molecule has 1 atom stereocenters. The van der Waals surface area contributed by atoms with Gasteiger partial charge in [0.2, 0.25) is 11.8 Å². The van der Waals surface area contributed by atoms with Crippen LogP contribution in [0.5, 0.6) is 5.88 Å². The number of aromatic nitrogens is 1. The van der Waals surface area contributed by atoms with Gasteiger partial charge in [-0.3, -0.25) is 4.79 Å². The number of amides is 1. The maximum Gasteiger partial charge on any atom is 0.242 e. The monoisotopic (exact) mass is 266 g/mol. The Hall–Kier alpha value is -1.98. The number of carbonyl (C=O) groups is 1. The fourth-order valence-corrected chi connectivity index (χ4v) is 1.46. The minimum atomic E-state index is -0.372. The largest absolute Gasteiger partial charge is 0.473 e. The number of anilines is 2. The van der Waals surface area contributed by atoms with Crippen LogP contribution < -0.4 is 21.1 Å². The molecule has 6 heteroatoms. The van der Waals surface area contributed by atoms with E-state index in [0.717, 1.165) is 0 Å². The Balaban J connectivity index is 2.76. The lowest BCUT2D eigenvalue weighted by Crippen LogP contribution is -2.37.